The predicted octanol–water partition coefficient (Wildman–Crippen LogP) is 3.27. The van der Waals surface area contributed by atoms with Crippen LogP contribution >= 0.6 is 0 Å². The first kappa shape index (κ1) is 17.8. The van der Waals surface area contributed by atoms with Gasteiger partial charge in [-0.15, -0.1) is 0 Å². The summed E-state index contributed by atoms with van der Waals surface area (Å²) in [6, 6.07) is 6.71. The third-order valence-corrected chi connectivity index (χ3v) is 4.74. The first-order valence-electron chi connectivity index (χ1n) is 8.58. The van der Waals surface area contributed by atoms with Crippen molar-refractivity contribution in [1.82, 2.24) is 10.2 Å². The van der Waals surface area contributed by atoms with Gasteiger partial charge in [0.1, 0.15) is 6.54 Å². The van der Waals surface area contributed by atoms with E-state index in [0.29, 0.717) is 12.6 Å². The number of carbonyl (C=O) groups is 2. The summed E-state index contributed by atoms with van der Waals surface area (Å²) < 4.78 is 36.4. The number of rotatable bonds is 6. The van der Waals surface area contributed by atoms with Gasteiger partial charge in [0.05, 0.1) is 0 Å². The molecule has 0 aromatic heterocycles. The van der Waals surface area contributed by atoms with Gasteiger partial charge in [0.2, 0.25) is 5.91 Å². The highest BCUT2D eigenvalue weighted by Gasteiger charge is 2.37. The molecule has 0 saturated heterocycles. The van der Waals surface area contributed by atoms with Crippen LogP contribution in [-0.4, -0.2) is 35.5 Å². The minimum absolute atomic E-state index is 0.146. The summed E-state index contributed by atoms with van der Waals surface area (Å²) in [5.74, 6) is -0.401. The number of hydrogen-bond acceptors (Lipinski definition) is 2. The monoisotopic (exact) mass is 354 g/mol. The average Bonchev–Trinajstić information content (AvgIpc) is 3.33. The largest absolute Gasteiger partial charge is 0.405 e. The van der Waals surface area contributed by atoms with Gasteiger partial charge in [0, 0.05) is 24.1 Å². The number of benzene rings is 1. The fraction of sp³-hybridized carbons (Fsp3) is 0.556. The number of halogens is 3. The molecule has 2 saturated carbocycles. The molecular formula is C18H21F3N2O2. The number of nitrogens with zero attached hydrogens (tertiary/aromatic N) is 1. The second-order valence-corrected chi connectivity index (χ2v) is 6.82. The molecule has 0 atom stereocenters. The van der Waals surface area contributed by atoms with Gasteiger partial charge in [-0.05, 0) is 43.4 Å². The van der Waals surface area contributed by atoms with Gasteiger partial charge in [-0.1, -0.05) is 18.6 Å². The van der Waals surface area contributed by atoms with Gasteiger partial charge in [-0.3, -0.25) is 9.59 Å². The van der Waals surface area contributed by atoms with Gasteiger partial charge in [-0.25, -0.2) is 0 Å². The number of alkyl halides is 3. The van der Waals surface area contributed by atoms with E-state index in [1.54, 1.807) is 12.1 Å². The van der Waals surface area contributed by atoms with Crippen LogP contribution in [0.3, 0.4) is 0 Å². The minimum Gasteiger partial charge on any atom is -0.343 e. The lowest BCUT2D eigenvalue weighted by Crippen LogP contribution is -2.39. The molecule has 136 valence electrons. The van der Waals surface area contributed by atoms with Crippen LogP contribution in [0.15, 0.2) is 24.3 Å². The molecule has 7 heteroatoms. The van der Waals surface area contributed by atoms with Crippen LogP contribution in [0.25, 0.3) is 0 Å². The molecule has 25 heavy (non-hydrogen) atoms. The van der Waals surface area contributed by atoms with E-state index in [2.05, 4.69) is 0 Å². The van der Waals surface area contributed by atoms with Crippen molar-refractivity contribution >= 4 is 11.8 Å². The maximum atomic E-state index is 12.5. The van der Waals surface area contributed by atoms with E-state index in [1.807, 2.05) is 10.2 Å². The third-order valence-electron chi connectivity index (χ3n) is 4.74. The summed E-state index contributed by atoms with van der Waals surface area (Å²) >= 11 is 0. The normalized spacial score (nSPS) is 17.7. The van der Waals surface area contributed by atoms with Crippen LogP contribution < -0.4 is 5.32 Å². The third kappa shape index (κ3) is 4.74. The molecule has 4 nitrogen and oxygen atoms in total. The molecular weight excluding hydrogens is 333 g/mol. The highest BCUT2D eigenvalue weighted by molar-refractivity contribution is 5.94. The molecule has 0 spiro atoms. The van der Waals surface area contributed by atoms with Crippen LogP contribution in [-0.2, 0) is 11.3 Å². The summed E-state index contributed by atoms with van der Waals surface area (Å²) in [5.41, 5.74) is 1.06. The van der Waals surface area contributed by atoms with Crippen LogP contribution in [0, 0.1) is 5.92 Å². The molecule has 0 bridgehead atoms. The van der Waals surface area contributed by atoms with Crippen molar-refractivity contribution < 1.29 is 22.8 Å². The quantitative estimate of drug-likeness (QED) is 0.852. The number of hydrogen-bond donors (Lipinski definition) is 1. The van der Waals surface area contributed by atoms with E-state index in [-0.39, 0.29) is 17.4 Å². The van der Waals surface area contributed by atoms with Crippen LogP contribution in [0.2, 0.25) is 0 Å². The average molecular weight is 354 g/mol. The molecule has 1 aromatic carbocycles. The van der Waals surface area contributed by atoms with Gasteiger partial charge < -0.3 is 10.2 Å². The SMILES string of the molecule is O=C(NCC(F)(F)F)c1ccc(CN(C(=O)C2CCC2)C2CC2)cc1. The number of nitrogens with one attached hydrogen (secondary N) is 1. The molecule has 0 radical (unpaired) electrons. The number of amides is 2. The Balaban J connectivity index is 1.59. The lowest BCUT2D eigenvalue weighted by molar-refractivity contribution is -0.139. The fourth-order valence-electron chi connectivity index (χ4n) is 2.90. The Morgan fingerprint density at radius 2 is 1.72 bits per heavy atom. The first-order chi connectivity index (χ1) is 11.8. The smallest absolute Gasteiger partial charge is 0.343 e. The molecule has 0 heterocycles. The van der Waals surface area contributed by atoms with E-state index in [0.717, 1.165) is 37.7 Å². The highest BCUT2D eigenvalue weighted by Crippen LogP contribution is 2.35. The molecule has 2 aliphatic carbocycles. The molecule has 1 aromatic rings. The van der Waals surface area contributed by atoms with Gasteiger partial charge in [0.25, 0.3) is 5.91 Å². The Hall–Kier alpha value is -2.05. The van der Waals surface area contributed by atoms with Crippen LogP contribution in [0.1, 0.15) is 48.0 Å². The molecule has 2 fully saturated rings. The van der Waals surface area contributed by atoms with E-state index >= 15 is 0 Å². The van der Waals surface area contributed by atoms with Crippen LogP contribution in [0.5, 0.6) is 0 Å². The van der Waals surface area contributed by atoms with E-state index in [1.165, 1.54) is 12.1 Å². The van der Waals surface area contributed by atoms with Crippen molar-refractivity contribution in [3.8, 4) is 0 Å². The van der Waals surface area contributed by atoms with Crippen molar-refractivity contribution in [1.29, 1.82) is 0 Å². The summed E-state index contributed by atoms with van der Waals surface area (Å²) in [7, 11) is 0. The first-order valence-corrected chi connectivity index (χ1v) is 8.58. The fourth-order valence-corrected chi connectivity index (χ4v) is 2.90. The van der Waals surface area contributed by atoms with Crippen molar-refractivity contribution in [2.45, 2.75) is 50.9 Å². The Morgan fingerprint density at radius 1 is 1.08 bits per heavy atom. The topological polar surface area (TPSA) is 49.4 Å². The Labute approximate surface area is 144 Å². The summed E-state index contributed by atoms with van der Waals surface area (Å²) in [4.78, 5) is 26.2. The second kappa shape index (κ2) is 7.06. The van der Waals surface area contributed by atoms with Crippen molar-refractivity contribution in [3.05, 3.63) is 35.4 Å². The van der Waals surface area contributed by atoms with Gasteiger partial charge in [0.15, 0.2) is 0 Å². The van der Waals surface area contributed by atoms with E-state index in [4.69, 9.17) is 0 Å². The zero-order valence-electron chi connectivity index (χ0n) is 13.8. The van der Waals surface area contributed by atoms with Crippen molar-refractivity contribution in [2.75, 3.05) is 6.54 Å². The molecule has 1 N–H and O–H groups in total. The minimum atomic E-state index is -4.43. The number of carbonyl (C=O) groups excluding carboxylic acids is 2. The van der Waals surface area contributed by atoms with Gasteiger partial charge >= 0.3 is 6.18 Å². The summed E-state index contributed by atoms with van der Waals surface area (Å²) in [6.45, 7) is -0.858. The Bertz CT molecular complexity index is 635. The van der Waals surface area contributed by atoms with E-state index < -0.39 is 18.6 Å². The lowest BCUT2D eigenvalue weighted by atomic mass is 9.84. The predicted molar refractivity (Wildman–Crippen MR) is 85.7 cm³/mol. The zero-order valence-corrected chi connectivity index (χ0v) is 13.8. The van der Waals surface area contributed by atoms with E-state index in [9.17, 15) is 22.8 Å². The Morgan fingerprint density at radius 3 is 2.20 bits per heavy atom. The maximum Gasteiger partial charge on any atom is 0.405 e. The standard InChI is InChI=1S/C18H21F3N2O2/c19-18(20,21)11-22-16(24)13-6-4-12(5-7-13)10-23(15-8-9-15)17(25)14-2-1-3-14/h4-7,14-15H,1-3,8-11H2,(H,22,24). The highest BCUT2D eigenvalue weighted by atomic mass is 19.4. The zero-order chi connectivity index (χ0) is 18.0. The lowest BCUT2D eigenvalue weighted by Gasteiger charge is -2.32. The molecule has 0 aliphatic heterocycles. The summed E-state index contributed by atoms with van der Waals surface area (Å²) in [6.07, 6.45) is 0.645. The van der Waals surface area contributed by atoms with Crippen molar-refractivity contribution in [3.63, 3.8) is 0 Å². The Kier molecular flexibility index (Phi) is 5.01. The molecule has 2 amide bonds. The van der Waals surface area contributed by atoms with Gasteiger partial charge in [-0.2, -0.15) is 13.2 Å². The maximum absolute atomic E-state index is 12.5. The molecule has 0 unspecified atom stereocenters. The molecule has 2 aliphatic rings. The van der Waals surface area contributed by atoms with Crippen molar-refractivity contribution in [2.24, 2.45) is 5.92 Å². The second-order valence-electron chi connectivity index (χ2n) is 6.82. The summed E-state index contributed by atoms with van der Waals surface area (Å²) in [5, 5.41) is 1.85. The van der Waals surface area contributed by atoms with Crippen LogP contribution in [0.4, 0.5) is 13.2 Å². The molecule has 3 rings (SSSR count).